The Kier molecular flexibility index (Phi) is 5.36. The van der Waals surface area contributed by atoms with Crippen LogP contribution in [0.25, 0.3) is 0 Å². The van der Waals surface area contributed by atoms with Crippen LogP contribution in [0.5, 0.6) is 11.5 Å². The maximum atomic E-state index is 13.6. The number of benzene rings is 2. The number of nitrogens with two attached hydrogens (primary N) is 1. The minimum absolute atomic E-state index is 0.0261. The zero-order chi connectivity index (χ0) is 21.5. The van der Waals surface area contributed by atoms with Crippen molar-refractivity contribution in [3.63, 3.8) is 0 Å². The molecular weight excluding hydrogens is 378 g/mol. The van der Waals surface area contributed by atoms with Crippen LogP contribution in [0.2, 0.25) is 0 Å². The summed E-state index contributed by atoms with van der Waals surface area (Å²) >= 11 is 0. The molecule has 1 heterocycles. The largest absolute Gasteiger partial charge is 0.497 e. The first-order chi connectivity index (χ1) is 14.3. The molecule has 1 aliphatic carbocycles. The first-order valence-electron chi connectivity index (χ1n) is 10.5. The zero-order valence-electron chi connectivity index (χ0n) is 18.3. The van der Waals surface area contributed by atoms with Crippen LogP contribution < -0.4 is 20.1 Å². The van der Waals surface area contributed by atoms with Gasteiger partial charge in [0.05, 0.1) is 24.8 Å². The average molecular weight is 410 g/mol. The molecule has 6 nitrogen and oxygen atoms in total. The molecule has 1 atom stereocenters. The minimum atomic E-state index is -0.444. The lowest BCUT2D eigenvalue weighted by atomic mass is 9.65. The number of carbonyl (C=O) groups excluding carboxylic acids is 1. The highest BCUT2D eigenvalue weighted by molar-refractivity contribution is 6.10. The fourth-order valence-electron chi connectivity index (χ4n) is 4.68. The molecule has 2 aromatic carbocycles. The summed E-state index contributed by atoms with van der Waals surface area (Å²) in [6.07, 6.45) is 2.77. The van der Waals surface area contributed by atoms with Crippen LogP contribution in [0.4, 0.5) is 11.4 Å². The Morgan fingerprint density at radius 1 is 1.20 bits per heavy atom. The second-order valence-corrected chi connectivity index (χ2v) is 8.78. The number of hydrogen-bond donors (Lipinski definition) is 1. The van der Waals surface area contributed by atoms with Gasteiger partial charge in [-0.15, -0.1) is 0 Å². The third-order valence-electron chi connectivity index (χ3n) is 6.19. The number of nitrogen functional groups attached to an aromatic ring is 1. The van der Waals surface area contributed by atoms with E-state index in [0.29, 0.717) is 18.0 Å². The van der Waals surface area contributed by atoms with Crippen LogP contribution in [0.3, 0.4) is 0 Å². The highest BCUT2D eigenvalue weighted by Gasteiger charge is 2.55. The topological polar surface area (TPSA) is 68.0 Å². The fraction of sp³-hybridized carbons (Fsp3) is 0.458. The summed E-state index contributed by atoms with van der Waals surface area (Å²) in [5, 5.41) is 0. The number of amides is 1. The minimum Gasteiger partial charge on any atom is -0.497 e. The summed E-state index contributed by atoms with van der Waals surface area (Å²) < 4.78 is 11.6. The standard InChI is InChI=1S/C24H31N3O3/c1-16(14-26(2)3)30-21-13-18(25)12-20-22(21)27(23(28)24(20)10-5-11-24)15-17-6-8-19(29-4)9-7-17/h6-9,12-13,16H,5,10-11,14-15,25H2,1-4H3. The van der Waals surface area contributed by atoms with E-state index in [1.54, 1.807) is 7.11 Å². The quantitative estimate of drug-likeness (QED) is 0.708. The van der Waals surface area contributed by atoms with Crippen molar-refractivity contribution in [2.75, 3.05) is 38.4 Å². The average Bonchev–Trinajstić information content (AvgIpc) is 2.90. The van der Waals surface area contributed by atoms with Gasteiger partial charge in [-0.1, -0.05) is 18.6 Å². The van der Waals surface area contributed by atoms with Gasteiger partial charge in [-0.05, 0) is 63.2 Å². The predicted octanol–water partition coefficient (Wildman–Crippen LogP) is 3.57. The number of carbonyl (C=O) groups is 1. The Hall–Kier alpha value is -2.73. The Morgan fingerprint density at radius 3 is 2.47 bits per heavy atom. The maximum Gasteiger partial charge on any atom is 0.238 e. The molecule has 2 aliphatic rings. The van der Waals surface area contributed by atoms with Crippen molar-refractivity contribution >= 4 is 17.3 Å². The molecule has 2 N–H and O–H groups in total. The van der Waals surface area contributed by atoms with E-state index >= 15 is 0 Å². The zero-order valence-corrected chi connectivity index (χ0v) is 18.3. The van der Waals surface area contributed by atoms with Gasteiger partial charge in [0.1, 0.15) is 17.6 Å². The highest BCUT2D eigenvalue weighted by Crippen LogP contribution is 2.57. The third kappa shape index (κ3) is 3.49. The van der Waals surface area contributed by atoms with Crippen LogP contribution in [0.1, 0.15) is 37.3 Å². The van der Waals surface area contributed by atoms with E-state index in [9.17, 15) is 4.79 Å². The van der Waals surface area contributed by atoms with Crippen molar-refractivity contribution in [3.05, 3.63) is 47.5 Å². The molecule has 0 bridgehead atoms. The molecule has 2 aromatic rings. The molecule has 4 rings (SSSR count). The molecule has 0 radical (unpaired) electrons. The van der Waals surface area contributed by atoms with E-state index in [0.717, 1.165) is 48.4 Å². The van der Waals surface area contributed by atoms with Gasteiger partial charge in [-0.2, -0.15) is 0 Å². The first kappa shape index (κ1) is 20.5. The SMILES string of the molecule is COc1ccc(CN2C(=O)C3(CCC3)c3cc(N)cc(OC(C)CN(C)C)c32)cc1. The Labute approximate surface area is 178 Å². The predicted molar refractivity (Wildman–Crippen MR) is 119 cm³/mol. The van der Waals surface area contributed by atoms with Crippen molar-refractivity contribution < 1.29 is 14.3 Å². The van der Waals surface area contributed by atoms with E-state index in [1.165, 1.54) is 0 Å². The van der Waals surface area contributed by atoms with Crippen molar-refractivity contribution in [3.8, 4) is 11.5 Å². The number of rotatable bonds is 7. The van der Waals surface area contributed by atoms with E-state index in [1.807, 2.05) is 62.3 Å². The number of ether oxygens (including phenoxy) is 2. The van der Waals surface area contributed by atoms with Crippen LogP contribution in [-0.2, 0) is 16.8 Å². The van der Waals surface area contributed by atoms with Gasteiger partial charge in [-0.25, -0.2) is 0 Å². The van der Waals surface area contributed by atoms with E-state index in [2.05, 4.69) is 4.90 Å². The van der Waals surface area contributed by atoms with Gasteiger partial charge in [-0.3, -0.25) is 4.79 Å². The van der Waals surface area contributed by atoms with Crippen LogP contribution in [0, 0.1) is 0 Å². The molecule has 0 aromatic heterocycles. The third-order valence-corrected chi connectivity index (χ3v) is 6.19. The van der Waals surface area contributed by atoms with Gasteiger partial charge >= 0.3 is 0 Å². The number of fused-ring (bicyclic) bond motifs is 2. The number of anilines is 2. The van der Waals surface area contributed by atoms with Crippen LogP contribution >= 0.6 is 0 Å². The van der Waals surface area contributed by atoms with Gasteiger partial charge < -0.3 is 25.0 Å². The summed E-state index contributed by atoms with van der Waals surface area (Å²) in [6.45, 7) is 3.32. The summed E-state index contributed by atoms with van der Waals surface area (Å²) in [7, 11) is 5.69. The molecule has 1 saturated carbocycles. The Bertz CT molecular complexity index is 935. The highest BCUT2D eigenvalue weighted by atomic mass is 16.5. The molecule has 1 aliphatic heterocycles. The van der Waals surface area contributed by atoms with E-state index in [-0.39, 0.29) is 12.0 Å². The van der Waals surface area contributed by atoms with E-state index in [4.69, 9.17) is 15.2 Å². The molecule has 1 amide bonds. The summed E-state index contributed by atoms with van der Waals surface area (Å²) in [4.78, 5) is 17.6. The van der Waals surface area contributed by atoms with E-state index < -0.39 is 5.41 Å². The van der Waals surface area contributed by atoms with Crippen LogP contribution in [-0.4, -0.2) is 44.7 Å². The molecule has 0 saturated heterocycles. The lowest BCUT2D eigenvalue weighted by Crippen LogP contribution is -2.44. The number of hydrogen-bond acceptors (Lipinski definition) is 5. The monoisotopic (exact) mass is 409 g/mol. The summed E-state index contributed by atoms with van der Waals surface area (Å²) in [6, 6.07) is 11.7. The van der Waals surface area contributed by atoms with Crippen molar-refractivity contribution in [1.82, 2.24) is 4.90 Å². The summed E-state index contributed by atoms with van der Waals surface area (Å²) in [5.74, 6) is 1.66. The molecular formula is C24H31N3O3. The smallest absolute Gasteiger partial charge is 0.238 e. The number of likely N-dealkylation sites (N-methyl/N-ethyl adjacent to an activating group) is 1. The Balaban J connectivity index is 1.73. The van der Waals surface area contributed by atoms with Crippen molar-refractivity contribution in [2.24, 2.45) is 0 Å². The Morgan fingerprint density at radius 2 is 1.90 bits per heavy atom. The molecule has 1 spiro atoms. The van der Waals surface area contributed by atoms with Gasteiger partial charge in [0.15, 0.2) is 0 Å². The summed E-state index contributed by atoms with van der Waals surface area (Å²) in [5.41, 5.74) is 9.41. The van der Waals surface area contributed by atoms with Crippen molar-refractivity contribution in [2.45, 2.75) is 44.2 Å². The molecule has 1 fully saturated rings. The molecule has 30 heavy (non-hydrogen) atoms. The number of methoxy groups -OCH3 is 1. The first-order valence-corrected chi connectivity index (χ1v) is 10.5. The maximum absolute atomic E-state index is 13.6. The molecule has 1 unspecified atom stereocenters. The normalized spacial score (nSPS) is 17.8. The van der Waals surface area contributed by atoms with Gasteiger partial charge in [0, 0.05) is 18.3 Å². The van der Waals surface area contributed by atoms with Gasteiger partial charge in [0.25, 0.3) is 0 Å². The molecule has 6 heteroatoms. The van der Waals surface area contributed by atoms with Crippen LogP contribution in [0.15, 0.2) is 36.4 Å². The lowest BCUT2D eigenvalue weighted by molar-refractivity contribution is -0.126. The second kappa shape index (κ2) is 7.84. The van der Waals surface area contributed by atoms with Gasteiger partial charge in [0.2, 0.25) is 5.91 Å². The number of nitrogens with zero attached hydrogens (tertiary/aromatic N) is 2. The lowest BCUT2D eigenvalue weighted by Gasteiger charge is -2.37. The molecule has 160 valence electrons. The second-order valence-electron chi connectivity index (χ2n) is 8.78. The van der Waals surface area contributed by atoms with Crippen molar-refractivity contribution in [1.29, 1.82) is 0 Å². The fourth-order valence-corrected chi connectivity index (χ4v) is 4.68.